The van der Waals surface area contributed by atoms with E-state index in [4.69, 9.17) is 5.26 Å². The van der Waals surface area contributed by atoms with Gasteiger partial charge in [0, 0.05) is 12.2 Å². The Balaban J connectivity index is 2.38. The van der Waals surface area contributed by atoms with Crippen LogP contribution in [-0.4, -0.2) is 29.7 Å². The number of hydrogen-bond acceptors (Lipinski definition) is 4. The fourth-order valence-electron chi connectivity index (χ4n) is 1.67. The Labute approximate surface area is 119 Å². The first kappa shape index (κ1) is 16.0. The van der Waals surface area contributed by atoms with Gasteiger partial charge in [0.2, 0.25) is 5.91 Å². The predicted octanol–water partition coefficient (Wildman–Crippen LogP) is 1.64. The van der Waals surface area contributed by atoms with Crippen LogP contribution < -0.4 is 10.6 Å². The van der Waals surface area contributed by atoms with Gasteiger partial charge in [-0.25, -0.2) is 0 Å². The summed E-state index contributed by atoms with van der Waals surface area (Å²) in [6.07, 6.45) is 1.21. The predicted molar refractivity (Wildman–Crippen MR) is 78.2 cm³/mol. The van der Waals surface area contributed by atoms with E-state index in [1.807, 2.05) is 19.9 Å². The fraction of sp³-hybridized carbons (Fsp3) is 0.467. The molecule has 5 heteroatoms. The van der Waals surface area contributed by atoms with Crippen molar-refractivity contribution >= 4 is 11.6 Å². The van der Waals surface area contributed by atoms with Crippen LogP contribution in [0.2, 0.25) is 0 Å². The van der Waals surface area contributed by atoms with Crippen molar-refractivity contribution in [3.05, 3.63) is 29.8 Å². The average molecular weight is 275 g/mol. The highest BCUT2D eigenvalue weighted by Crippen LogP contribution is 2.12. The Kier molecular flexibility index (Phi) is 6.01. The van der Waals surface area contributed by atoms with Crippen molar-refractivity contribution in [2.45, 2.75) is 32.3 Å². The molecule has 3 N–H and O–H groups in total. The molecule has 0 aliphatic heterocycles. The number of nitrogens with zero attached hydrogens (tertiary/aromatic N) is 1. The van der Waals surface area contributed by atoms with Crippen LogP contribution in [0.3, 0.4) is 0 Å². The number of nitriles is 1. The molecule has 108 valence electrons. The lowest BCUT2D eigenvalue weighted by molar-refractivity contribution is -0.120. The van der Waals surface area contributed by atoms with E-state index in [0.29, 0.717) is 18.4 Å². The molecule has 1 rings (SSSR count). The van der Waals surface area contributed by atoms with E-state index in [1.165, 1.54) is 0 Å². The van der Waals surface area contributed by atoms with Gasteiger partial charge in [-0.2, -0.15) is 5.26 Å². The quantitative estimate of drug-likeness (QED) is 0.706. The SMILES string of the molecule is CCC(O)(CC)CNC(=O)CNc1ccc(C#N)cc1. The monoisotopic (exact) mass is 275 g/mol. The summed E-state index contributed by atoms with van der Waals surface area (Å²) in [6.45, 7) is 4.18. The summed E-state index contributed by atoms with van der Waals surface area (Å²) in [5.41, 5.74) is 0.528. The highest BCUT2D eigenvalue weighted by Gasteiger charge is 2.22. The zero-order chi connectivity index (χ0) is 15.0. The van der Waals surface area contributed by atoms with Crippen molar-refractivity contribution in [2.75, 3.05) is 18.4 Å². The maximum Gasteiger partial charge on any atom is 0.239 e. The van der Waals surface area contributed by atoms with Crippen LogP contribution in [0.4, 0.5) is 5.69 Å². The summed E-state index contributed by atoms with van der Waals surface area (Å²) in [4.78, 5) is 11.7. The van der Waals surface area contributed by atoms with Crippen molar-refractivity contribution in [3.8, 4) is 6.07 Å². The minimum absolute atomic E-state index is 0.134. The Morgan fingerprint density at radius 1 is 1.30 bits per heavy atom. The van der Waals surface area contributed by atoms with Crippen LogP contribution in [0, 0.1) is 11.3 Å². The molecule has 0 saturated heterocycles. The normalized spacial score (nSPS) is 10.7. The molecule has 5 nitrogen and oxygen atoms in total. The van der Waals surface area contributed by atoms with Crippen LogP contribution in [0.15, 0.2) is 24.3 Å². The molecule has 0 atom stereocenters. The molecule has 20 heavy (non-hydrogen) atoms. The van der Waals surface area contributed by atoms with E-state index in [-0.39, 0.29) is 19.0 Å². The smallest absolute Gasteiger partial charge is 0.239 e. The summed E-state index contributed by atoms with van der Waals surface area (Å²) in [5.74, 6) is -0.172. The Hall–Kier alpha value is -2.06. The lowest BCUT2D eigenvalue weighted by Crippen LogP contribution is -2.43. The Morgan fingerprint density at radius 2 is 1.90 bits per heavy atom. The van der Waals surface area contributed by atoms with E-state index < -0.39 is 5.60 Å². The molecule has 0 aliphatic carbocycles. The maximum absolute atomic E-state index is 11.7. The lowest BCUT2D eigenvalue weighted by Gasteiger charge is -2.25. The van der Waals surface area contributed by atoms with E-state index in [2.05, 4.69) is 10.6 Å². The van der Waals surface area contributed by atoms with Crippen molar-refractivity contribution in [3.63, 3.8) is 0 Å². The number of aliphatic hydroxyl groups is 1. The zero-order valence-electron chi connectivity index (χ0n) is 11.9. The van der Waals surface area contributed by atoms with E-state index in [1.54, 1.807) is 24.3 Å². The molecule has 1 aromatic carbocycles. The van der Waals surface area contributed by atoms with E-state index in [0.717, 1.165) is 5.69 Å². The molecule has 0 saturated carbocycles. The highest BCUT2D eigenvalue weighted by molar-refractivity contribution is 5.80. The van der Waals surface area contributed by atoms with Gasteiger partial charge in [-0.3, -0.25) is 4.79 Å². The van der Waals surface area contributed by atoms with Gasteiger partial charge in [-0.05, 0) is 37.1 Å². The fourth-order valence-corrected chi connectivity index (χ4v) is 1.67. The Bertz CT molecular complexity index is 473. The van der Waals surface area contributed by atoms with Gasteiger partial charge in [0.25, 0.3) is 0 Å². The van der Waals surface area contributed by atoms with Gasteiger partial charge in [0.15, 0.2) is 0 Å². The van der Waals surface area contributed by atoms with Gasteiger partial charge in [0.1, 0.15) is 0 Å². The summed E-state index contributed by atoms with van der Waals surface area (Å²) in [7, 11) is 0. The maximum atomic E-state index is 11.7. The number of carbonyl (C=O) groups excluding carboxylic acids is 1. The molecule has 0 radical (unpaired) electrons. The van der Waals surface area contributed by atoms with Crippen LogP contribution in [-0.2, 0) is 4.79 Å². The molecule has 0 spiro atoms. The molecular weight excluding hydrogens is 254 g/mol. The topological polar surface area (TPSA) is 85.2 Å². The number of nitrogens with one attached hydrogen (secondary N) is 2. The second-order valence-electron chi connectivity index (χ2n) is 4.75. The van der Waals surface area contributed by atoms with E-state index in [9.17, 15) is 9.90 Å². The second-order valence-corrected chi connectivity index (χ2v) is 4.75. The molecule has 0 heterocycles. The highest BCUT2D eigenvalue weighted by atomic mass is 16.3. The largest absolute Gasteiger partial charge is 0.388 e. The molecular formula is C15H21N3O2. The number of hydrogen-bond donors (Lipinski definition) is 3. The van der Waals surface area contributed by atoms with Gasteiger partial charge >= 0.3 is 0 Å². The summed E-state index contributed by atoms with van der Waals surface area (Å²) in [5, 5.41) is 24.4. The lowest BCUT2D eigenvalue weighted by atomic mass is 9.98. The van der Waals surface area contributed by atoms with Crippen molar-refractivity contribution in [2.24, 2.45) is 0 Å². The average Bonchev–Trinajstić information content (AvgIpc) is 2.51. The number of carbonyl (C=O) groups is 1. The number of amides is 1. The molecule has 0 fully saturated rings. The molecule has 1 aromatic rings. The van der Waals surface area contributed by atoms with Crippen molar-refractivity contribution in [1.29, 1.82) is 5.26 Å². The number of rotatable bonds is 7. The zero-order valence-corrected chi connectivity index (χ0v) is 11.9. The third-order valence-corrected chi connectivity index (χ3v) is 3.40. The number of anilines is 1. The second kappa shape index (κ2) is 7.51. The van der Waals surface area contributed by atoms with Crippen molar-refractivity contribution < 1.29 is 9.90 Å². The minimum atomic E-state index is -0.829. The Morgan fingerprint density at radius 3 is 2.40 bits per heavy atom. The first-order valence-electron chi connectivity index (χ1n) is 6.76. The van der Waals surface area contributed by atoms with Crippen LogP contribution in [0.5, 0.6) is 0 Å². The molecule has 0 aromatic heterocycles. The van der Waals surface area contributed by atoms with Gasteiger partial charge < -0.3 is 15.7 Å². The first-order chi connectivity index (χ1) is 9.53. The third-order valence-electron chi connectivity index (χ3n) is 3.40. The summed E-state index contributed by atoms with van der Waals surface area (Å²) < 4.78 is 0. The molecule has 0 aliphatic rings. The van der Waals surface area contributed by atoms with Crippen molar-refractivity contribution in [1.82, 2.24) is 5.32 Å². The molecule has 1 amide bonds. The number of benzene rings is 1. The van der Waals surface area contributed by atoms with Gasteiger partial charge in [-0.1, -0.05) is 13.8 Å². The van der Waals surface area contributed by atoms with Crippen LogP contribution in [0.1, 0.15) is 32.3 Å². The first-order valence-corrected chi connectivity index (χ1v) is 6.76. The van der Waals surface area contributed by atoms with Crippen LogP contribution >= 0.6 is 0 Å². The standard InChI is InChI=1S/C15H21N3O2/c1-3-15(20,4-2)11-18-14(19)10-17-13-7-5-12(9-16)6-8-13/h5-8,17,20H,3-4,10-11H2,1-2H3,(H,18,19). The van der Waals surface area contributed by atoms with Gasteiger partial charge in [0.05, 0.1) is 23.8 Å². The molecule has 0 bridgehead atoms. The third kappa shape index (κ3) is 4.90. The summed E-state index contributed by atoms with van der Waals surface area (Å²) in [6, 6.07) is 8.91. The molecule has 0 unspecified atom stereocenters. The summed E-state index contributed by atoms with van der Waals surface area (Å²) >= 11 is 0. The van der Waals surface area contributed by atoms with E-state index >= 15 is 0 Å². The van der Waals surface area contributed by atoms with Crippen LogP contribution in [0.25, 0.3) is 0 Å². The van der Waals surface area contributed by atoms with Gasteiger partial charge in [-0.15, -0.1) is 0 Å². The minimum Gasteiger partial charge on any atom is -0.388 e.